The molecule has 0 heterocycles. The molecule has 136 valence electrons. The third kappa shape index (κ3) is 7.75. The predicted molar refractivity (Wildman–Crippen MR) is 98.9 cm³/mol. The largest absolute Gasteiger partial charge is 0.444 e. The normalized spacial score (nSPS) is 13.5. The van der Waals surface area contributed by atoms with Gasteiger partial charge in [0.25, 0.3) is 0 Å². The lowest BCUT2D eigenvalue weighted by molar-refractivity contribution is -0.123. The molecule has 2 N–H and O–H groups in total. The van der Waals surface area contributed by atoms with Gasteiger partial charge in [-0.2, -0.15) is 0 Å². The molecule has 1 aromatic rings. The number of hydrogen-bond donors (Lipinski definition) is 2. The maximum absolute atomic E-state index is 12.6. The van der Waals surface area contributed by atoms with Gasteiger partial charge in [-0.3, -0.25) is 4.79 Å². The first kappa shape index (κ1) is 20.6. The van der Waals surface area contributed by atoms with Gasteiger partial charge < -0.3 is 15.4 Å². The molecule has 0 bridgehead atoms. The second kappa shape index (κ2) is 9.12. The van der Waals surface area contributed by atoms with Crippen LogP contribution in [0.4, 0.5) is 4.79 Å². The molecule has 5 nitrogen and oxygen atoms in total. The molecule has 2 amide bonds. The first-order chi connectivity index (χ1) is 11.6. The lowest BCUT2D eigenvalue weighted by atomic mass is 10.0. The van der Waals surface area contributed by atoms with Crippen molar-refractivity contribution in [3.8, 4) is 12.3 Å². The first-order valence-corrected chi connectivity index (χ1v) is 8.42. The number of alkyl carbamates (subject to hydrolysis) is 1. The minimum absolute atomic E-state index is 0.0906. The molecule has 1 rings (SSSR count). The van der Waals surface area contributed by atoms with Crippen LogP contribution in [0.25, 0.3) is 0 Å². The number of carbonyl (C=O) groups excluding carboxylic acids is 2. The zero-order valence-corrected chi connectivity index (χ0v) is 15.6. The topological polar surface area (TPSA) is 67.4 Å². The van der Waals surface area contributed by atoms with Gasteiger partial charge in [-0.15, -0.1) is 6.42 Å². The molecule has 25 heavy (non-hydrogen) atoms. The summed E-state index contributed by atoms with van der Waals surface area (Å²) < 4.78 is 5.26. The van der Waals surface area contributed by atoms with Gasteiger partial charge in [-0.1, -0.05) is 50.1 Å². The van der Waals surface area contributed by atoms with E-state index >= 15 is 0 Å². The molecule has 5 heteroatoms. The Balaban J connectivity index is 2.88. The summed E-state index contributed by atoms with van der Waals surface area (Å²) in [6, 6.07) is 8.30. The minimum Gasteiger partial charge on any atom is -0.444 e. The van der Waals surface area contributed by atoms with Crippen LogP contribution in [0.1, 0.15) is 40.2 Å². The molecule has 0 radical (unpaired) electrons. The molecular formula is C20H28N2O3. The van der Waals surface area contributed by atoms with E-state index < -0.39 is 23.8 Å². The zero-order chi connectivity index (χ0) is 19.0. The lowest BCUT2D eigenvalue weighted by Crippen LogP contribution is -2.52. The van der Waals surface area contributed by atoms with E-state index in [1.807, 2.05) is 44.2 Å². The standard InChI is InChI=1S/C20H28N2O3/c1-7-16(14(2)3)21-18(23)17(13-15-11-9-8-10-12-15)22-19(24)25-20(4,5)6/h1,8-12,14,16-17H,13H2,2-6H3,(H,21,23)(H,22,24)/t16-,17+/m1/s1. The van der Waals surface area contributed by atoms with E-state index in [9.17, 15) is 9.59 Å². The fourth-order valence-corrected chi connectivity index (χ4v) is 2.16. The van der Waals surface area contributed by atoms with Crippen molar-refractivity contribution in [1.29, 1.82) is 0 Å². The summed E-state index contributed by atoms with van der Waals surface area (Å²) in [5, 5.41) is 5.46. The Morgan fingerprint density at radius 1 is 1.16 bits per heavy atom. The molecule has 0 fully saturated rings. The summed E-state index contributed by atoms with van der Waals surface area (Å²) in [6.07, 6.45) is 5.20. The van der Waals surface area contributed by atoms with Crippen molar-refractivity contribution in [2.24, 2.45) is 5.92 Å². The van der Waals surface area contributed by atoms with Crippen LogP contribution in [0, 0.1) is 18.3 Å². The molecule has 0 aliphatic heterocycles. The molecule has 0 saturated heterocycles. The second-order valence-corrected chi connectivity index (χ2v) is 7.29. The molecule has 0 saturated carbocycles. The number of carbonyl (C=O) groups is 2. The Hall–Kier alpha value is -2.48. The fraction of sp³-hybridized carbons (Fsp3) is 0.500. The molecule has 0 unspecified atom stereocenters. The van der Waals surface area contributed by atoms with Crippen LogP contribution in [-0.2, 0) is 16.0 Å². The highest BCUT2D eigenvalue weighted by atomic mass is 16.6. The maximum Gasteiger partial charge on any atom is 0.408 e. The molecule has 1 aromatic carbocycles. The fourth-order valence-electron chi connectivity index (χ4n) is 2.16. The third-order valence-electron chi connectivity index (χ3n) is 3.43. The van der Waals surface area contributed by atoms with Gasteiger partial charge in [-0.25, -0.2) is 4.79 Å². The van der Waals surface area contributed by atoms with Gasteiger partial charge in [0.1, 0.15) is 11.6 Å². The highest BCUT2D eigenvalue weighted by molar-refractivity contribution is 5.86. The molecule has 0 aliphatic rings. The number of benzene rings is 1. The van der Waals surface area contributed by atoms with Gasteiger partial charge in [0.05, 0.1) is 6.04 Å². The zero-order valence-electron chi connectivity index (χ0n) is 15.6. The Kier molecular flexibility index (Phi) is 7.50. The average molecular weight is 344 g/mol. The monoisotopic (exact) mass is 344 g/mol. The van der Waals surface area contributed by atoms with E-state index in [-0.39, 0.29) is 11.8 Å². The van der Waals surface area contributed by atoms with Crippen molar-refractivity contribution >= 4 is 12.0 Å². The summed E-state index contributed by atoms with van der Waals surface area (Å²) in [4.78, 5) is 24.7. The van der Waals surface area contributed by atoms with Gasteiger partial charge in [0, 0.05) is 6.42 Å². The number of amides is 2. The van der Waals surface area contributed by atoms with Gasteiger partial charge in [0.15, 0.2) is 0 Å². The van der Waals surface area contributed by atoms with Crippen molar-refractivity contribution in [3.63, 3.8) is 0 Å². The first-order valence-electron chi connectivity index (χ1n) is 8.42. The summed E-state index contributed by atoms with van der Waals surface area (Å²) in [5.41, 5.74) is 0.289. The van der Waals surface area contributed by atoms with Crippen LogP contribution in [0.2, 0.25) is 0 Å². The second-order valence-electron chi connectivity index (χ2n) is 7.29. The van der Waals surface area contributed by atoms with Crippen molar-refractivity contribution < 1.29 is 14.3 Å². The summed E-state index contributed by atoms with van der Waals surface area (Å²) in [6.45, 7) is 9.17. The Bertz CT molecular complexity index is 612. The smallest absolute Gasteiger partial charge is 0.408 e. The Morgan fingerprint density at radius 2 is 1.76 bits per heavy atom. The van der Waals surface area contributed by atoms with Crippen LogP contribution in [0.3, 0.4) is 0 Å². The molecule has 0 aromatic heterocycles. The molecule has 0 aliphatic carbocycles. The average Bonchev–Trinajstić information content (AvgIpc) is 2.50. The maximum atomic E-state index is 12.6. The van der Waals surface area contributed by atoms with E-state index in [0.29, 0.717) is 6.42 Å². The number of hydrogen-bond acceptors (Lipinski definition) is 3. The van der Waals surface area contributed by atoms with E-state index in [2.05, 4.69) is 16.6 Å². The van der Waals surface area contributed by atoms with Crippen molar-refractivity contribution in [2.45, 2.75) is 58.7 Å². The van der Waals surface area contributed by atoms with Crippen LogP contribution >= 0.6 is 0 Å². The van der Waals surface area contributed by atoms with Crippen molar-refractivity contribution in [1.82, 2.24) is 10.6 Å². The van der Waals surface area contributed by atoms with Crippen LogP contribution in [-0.4, -0.2) is 29.7 Å². The number of rotatable bonds is 6. The molecule has 2 atom stereocenters. The predicted octanol–water partition coefficient (Wildman–Crippen LogP) is 2.90. The molecular weight excluding hydrogens is 316 g/mol. The van der Waals surface area contributed by atoms with E-state index in [1.165, 1.54) is 0 Å². The summed E-state index contributed by atoms with van der Waals surface area (Å²) in [5.74, 6) is 2.33. The van der Waals surface area contributed by atoms with E-state index in [4.69, 9.17) is 11.2 Å². The van der Waals surface area contributed by atoms with Gasteiger partial charge in [0.2, 0.25) is 5.91 Å². The van der Waals surface area contributed by atoms with E-state index in [1.54, 1.807) is 20.8 Å². The Morgan fingerprint density at radius 3 is 2.24 bits per heavy atom. The third-order valence-corrected chi connectivity index (χ3v) is 3.43. The number of nitrogens with one attached hydrogen (secondary N) is 2. The SMILES string of the molecule is C#C[C@@H](NC(=O)[C@H](Cc1ccccc1)NC(=O)OC(C)(C)C)C(C)C. The summed E-state index contributed by atoms with van der Waals surface area (Å²) >= 11 is 0. The lowest BCUT2D eigenvalue weighted by Gasteiger charge is -2.25. The highest BCUT2D eigenvalue weighted by Gasteiger charge is 2.26. The van der Waals surface area contributed by atoms with E-state index in [0.717, 1.165) is 5.56 Å². The van der Waals surface area contributed by atoms with Crippen LogP contribution in [0.5, 0.6) is 0 Å². The minimum atomic E-state index is -0.771. The number of terminal acetylenes is 1. The van der Waals surface area contributed by atoms with Crippen LogP contribution in [0.15, 0.2) is 30.3 Å². The van der Waals surface area contributed by atoms with Crippen molar-refractivity contribution in [3.05, 3.63) is 35.9 Å². The summed E-state index contributed by atoms with van der Waals surface area (Å²) in [7, 11) is 0. The Labute approximate surface area is 150 Å². The van der Waals surface area contributed by atoms with Crippen molar-refractivity contribution in [2.75, 3.05) is 0 Å². The number of ether oxygens (including phenoxy) is 1. The highest BCUT2D eigenvalue weighted by Crippen LogP contribution is 2.09. The quantitative estimate of drug-likeness (QED) is 0.780. The van der Waals surface area contributed by atoms with Gasteiger partial charge >= 0.3 is 6.09 Å². The van der Waals surface area contributed by atoms with Gasteiger partial charge in [-0.05, 0) is 32.3 Å². The van der Waals surface area contributed by atoms with Crippen LogP contribution < -0.4 is 10.6 Å². The molecule has 0 spiro atoms.